The van der Waals surface area contributed by atoms with Gasteiger partial charge in [-0.3, -0.25) is 0 Å². The lowest BCUT2D eigenvalue weighted by Gasteiger charge is -2.19. The van der Waals surface area contributed by atoms with Crippen molar-refractivity contribution in [2.24, 2.45) is 0 Å². The van der Waals surface area contributed by atoms with Gasteiger partial charge in [0.25, 0.3) is 0 Å². The Balaban J connectivity index is 4.42. The molecule has 2 amide bonds. The van der Waals surface area contributed by atoms with Crippen LogP contribution in [-0.4, -0.2) is 62.5 Å². The normalized spacial score (nSPS) is 18.1. The van der Waals surface area contributed by atoms with Crippen molar-refractivity contribution in [3.63, 3.8) is 0 Å². The summed E-state index contributed by atoms with van der Waals surface area (Å²) in [6.45, 7) is 1.07. The predicted molar refractivity (Wildman–Crippen MR) is 113 cm³/mol. The second-order valence-electron chi connectivity index (χ2n) is 7.88. The highest BCUT2D eigenvalue weighted by Gasteiger charge is 2.16. The smallest absolute Gasteiger partial charge is 0.407 e. The Labute approximate surface area is 182 Å². The number of unbranched alkanes of at least 4 members (excludes halogenated alkanes) is 1. The minimum absolute atomic E-state index is 0.154. The number of ether oxygens (including phenoxy) is 2. The third-order valence-electron chi connectivity index (χ3n) is 2.64. The Morgan fingerprint density at radius 2 is 1.04 bits per heavy atom. The molecule has 0 bridgehead atoms. The van der Waals surface area contributed by atoms with Crippen LogP contribution < -0.4 is 21.3 Å². The number of hydrogen-bond donors (Lipinski definition) is 4. The highest BCUT2D eigenvalue weighted by Crippen LogP contribution is 2.06. The molecule has 0 radical (unpaired) electrons. The summed E-state index contributed by atoms with van der Waals surface area (Å²) in [6, 6.07) is 0. The van der Waals surface area contributed by atoms with Crippen molar-refractivity contribution in [2.75, 3.05) is 39.1 Å². The van der Waals surface area contributed by atoms with Crippen molar-refractivity contribution in [3.8, 4) is 0 Å². The molecule has 166 valence electrons. The van der Waals surface area contributed by atoms with Crippen molar-refractivity contribution in [2.45, 2.75) is 78.4 Å². The van der Waals surface area contributed by atoms with E-state index in [4.69, 9.17) is 20.4 Å². The van der Waals surface area contributed by atoms with E-state index < -0.39 is 62.2 Å². The average molecular weight is 411 g/mol. The van der Waals surface area contributed by atoms with Crippen molar-refractivity contribution in [3.05, 3.63) is 0 Å². The molecule has 0 aliphatic carbocycles. The van der Waals surface area contributed by atoms with Crippen molar-refractivity contribution < 1.29 is 30.0 Å². The van der Waals surface area contributed by atoms with Gasteiger partial charge in [-0.05, 0) is 93.3 Å². The van der Waals surface area contributed by atoms with E-state index in [0.717, 1.165) is 0 Å². The fourth-order valence-corrected chi connectivity index (χ4v) is 1.66. The summed E-state index contributed by atoms with van der Waals surface area (Å²) < 4.78 is 73.2. The molecule has 0 atom stereocenters. The van der Waals surface area contributed by atoms with Gasteiger partial charge in [-0.25, -0.2) is 9.59 Å². The van der Waals surface area contributed by atoms with E-state index in [1.807, 2.05) is 10.6 Å². The molecule has 28 heavy (non-hydrogen) atoms. The van der Waals surface area contributed by atoms with Gasteiger partial charge in [-0.15, -0.1) is 0 Å². The van der Waals surface area contributed by atoms with E-state index >= 15 is 0 Å². The molecule has 0 unspecified atom stereocenters. The zero-order chi connectivity index (χ0) is 28.6. The summed E-state index contributed by atoms with van der Waals surface area (Å²) in [5.74, 6) is 0. The molecule has 8 nitrogen and oxygen atoms in total. The molecule has 0 aromatic carbocycles. The average Bonchev–Trinajstić information content (AvgIpc) is 2.50. The van der Waals surface area contributed by atoms with Crippen LogP contribution in [0, 0.1) is 0 Å². The van der Waals surface area contributed by atoms with E-state index in [-0.39, 0.29) is 13.1 Å². The number of rotatable bonds is 13. The maximum absolute atomic E-state index is 11.8. The van der Waals surface area contributed by atoms with Crippen LogP contribution in [0.2, 0.25) is 0 Å². The maximum Gasteiger partial charge on any atom is 0.407 e. The van der Waals surface area contributed by atoms with E-state index in [1.54, 1.807) is 41.5 Å². The summed E-state index contributed by atoms with van der Waals surface area (Å²) in [6.07, 6.45) is -2.49. The predicted octanol–water partition coefficient (Wildman–Crippen LogP) is 2.78. The van der Waals surface area contributed by atoms with Gasteiger partial charge in [-0.2, -0.15) is 0 Å². The Bertz CT molecular complexity index is 665. The topological polar surface area (TPSA) is 101 Å². The summed E-state index contributed by atoms with van der Waals surface area (Å²) in [4.78, 5) is 23.5. The van der Waals surface area contributed by atoms with Crippen LogP contribution >= 0.6 is 0 Å². The number of nitrogens with one attached hydrogen (secondary N) is 4. The van der Waals surface area contributed by atoms with Crippen LogP contribution in [0.1, 0.15) is 78.2 Å². The first-order valence-electron chi connectivity index (χ1n) is 13.3. The molecular formula is C20H42N4O4. The standard InChI is InChI=1S/C20H42N4O4/c1-19(2,3)27-17(25)23-15-9-13-21-11-7-8-12-22-14-10-16-24-18(26)28-20(4,5)6/h21-22H,7-16H2,1-6H3,(H,23,25)(H,24,26)/i13D2,14D2,15D2,16D2. The zero-order valence-electron chi connectivity index (χ0n) is 25.9. The van der Waals surface area contributed by atoms with Crippen molar-refractivity contribution in [1.29, 1.82) is 0 Å². The fourth-order valence-electron chi connectivity index (χ4n) is 1.66. The Kier molecular flexibility index (Phi) is 7.91. The number of amides is 2. The van der Waals surface area contributed by atoms with Crippen LogP contribution in [0.4, 0.5) is 9.59 Å². The molecule has 0 aliphatic heterocycles. The van der Waals surface area contributed by atoms with Gasteiger partial charge in [0.1, 0.15) is 11.2 Å². The van der Waals surface area contributed by atoms with Gasteiger partial charge in [0.2, 0.25) is 0 Å². The highest BCUT2D eigenvalue weighted by atomic mass is 16.6. The summed E-state index contributed by atoms with van der Waals surface area (Å²) in [7, 11) is 0. The Morgan fingerprint density at radius 3 is 1.36 bits per heavy atom. The molecular weight excluding hydrogens is 360 g/mol. The molecule has 0 aliphatic rings. The molecule has 0 heterocycles. The van der Waals surface area contributed by atoms with Gasteiger partial charge < -0.3 is 30.7 Å². The summed E-state index contributed by atoms with van der Waals surface area (Å²) >= 11 is 0. The second kappa shape index (κ2) is 14.5. The first kappa shape index (κ1) is 15.3. The van der Waals surface area contributed by atoms with Crippen LogP contribution in [0.15, 0.2) is 0 Å². The van der Waals surface area contributed by atoms with Gasteiger partial charge in [0, 0.05) is 24.0 Å². The first-order chi connectivity index (χ1) is 15.8. The molecule has 0 spiro atoms. The van der Waals surface area contributed by atoms with E-state index in [0.29, 0.717) is 12.8 Å². The van der Waals surface area contributed by atoms with Crippen LogP contribution in [0.3, 0.4) is 0 Å². The number of alkyl carbamates (subject to hydrolysis) is 2. The molecule has 0 aromatic heterocycles. The molecule has 0 rings (SSSR count). The second-order valence-corrected chi connectivity index (χ2v) is 7.88. The molecule has 4 N–H and O–H groups in total. The minimum atomic E-state index is -2.36. The largest absolute Gasteiger partial charge is 0.444 e. The lowest BCUT2D eigenvalue weighted by atomic mass is 10.2. The lowest BCUT2D eigenvalue weighted by molar-refractivity contribution is 0.0515. The molecule has 0 saturated carbocycles. The Morgan fingerprint density at radius 1 is 0.679 bits per heavy atom. The molecule has 8 heteroatoms. The van der Waals surface area contributed by atoms with Crippen molar-refractivity contribution >= 4 is 12.2 Å². The molecule has 0 fully saturated rings. The van der Waals surface area contributed by atoms with E-state index in [1.165, 1.54) is 0 Å². The third kappa shape index (κ3) is 20.8. The maximum atomic E-state index is 11.8. The summed E-state index contributed by atoms with van der Waals surface area (Å²) in [5, 5.41) is 9.17. The van der Waals surface area contributed by atoms with Crippen LogP contribution in [0.5, 0.6) is 0 Å². The van der Waals surface area contributed by atoms with Gasteiger partial charge >= 0.3 is 12.2 Å². The SMILES string of the molecule is [2H]C([2H])(CC([2H])([2H])NC(=O)OC(C)(C)C)NCCCCNC([2H])([2H])CC([2H])([2H])NC(=O)OC(C)(C)C. The fraction of sp³-hybridized carbons (Fsp3) is 0.900. The first-order valence-corrected chi connectivity index (χ1v) is 9.35. The van der Waals surface area contributed by atoms with Crippen molar-refractivity contribution in [1.82, 2.24) is 21.3 Å². The number of hydrogen-bond acceptors (Lipinski definition) is 6. The minimum Gasteiger partial charge on any atom is -0.444 e. The number of carbonyl (C=O) groups is 2. The van der Waals surface area contributed by atoms with E-state index in [2.05, 4.69) is 10.6 Å². The van der Waals surface area contributed by atoms with Crippen LogP contribution in [-0.2, 0) is 9.47 Å². The lowest BCUT2D eigenvalue weighted by Crippen LogP contribution is -2.34. The van der Waals surface area contributed by atoms with E-state index in [9.17, 15) is 9.59 Å². The van der Waals surface area contributed by atoms with Crippen LogP contribution in [0.25, 0.3) is 0 Å². The number of carbonyl (C=O) groups excluding carboxylic acids is 2. The third-order valence-corrected chi connectivity index (χ3v) is 2.64. The molecule has 0 saturated heterocycles. The molecule has 0 aromatic rings. The highest BCUT2D eigenvalue weighted by molar-refractivity contribution is 5.67. The monoisotopic (exact) mass is 410 g/mol. The van der Waals surface area contributed by atoms with Gasteiger partial charge in [0.15, 0.2) is 0 Å². The zero-order valence-corrected chi connectivity index (χ0v) is 17.9. The summed E-state index contributed by atoms with van der Waals surface area (Å²) in [5.41, 5.74) is -1.64. The quantitative estimate of drug-likeness (QED) is 0.348. The van der Waals surface area contributed by atoms with Gasteiger partial charge in [0.05, 0.1) is 0 Å². The Hall–Kier alpha value is -1.54. The van der Waals surface area contributed by atoms with Gasteiger partial charge in [-0.1, -0.05) is 0 Å².